The van der Waals surface area contributed by atoms with Crippen molar-refractivity contribution in [2.45, 2.75) is 65.7 Å². The molecule has 0 aromatic heterocycles. The molecule has 2 bridgehead atoms. The van der Waals surface area contributed by atoms with Crippen LogP contribution in [0, 0.1) is 0 Å². The molecule has 0 saturated carbocycles. The maximum Gasteiger partial charge on any atom is 0.421 e. The first-order chi connectivity index (χ1) is 21.9. The Bertz CT molecular complexity index is 1610. The van der Waals surface area contributed by atoms with Gasteiger partial charge >= 0.3 is 6.18 Å². The van der Waals surface area contributed by atoms with Crippen molar-refractivity contribution in [2.24, 2.45) is 0 Å². The molecule has 3 aliphatic rings. The number of aliphatic hydroxyl groups is 1. The number of morpholine rings is 1. The Balaban J connectivity index is 1.26. The van der Waals surface area contributed by atoms with Gasteiger partial charge in [-0.1, -0.05) is 54.6 Å². The second kappa shape index (κ2) is 13.1. The molecular weight excluding hydrogens is 640 g/mol. The van der Waals surface area contributed by atoms with Crippen LogP contribution in [0.4, 0.5) is 18.9 Å². The smallest absolute Gasteiger partial charge is 0.378 e. The van der Waals surface area contributed by atoms with E-state index in [9.17, 15) is 26.7 Å². The summed E-state index contributed by atoms with van der Waals surface area (Å²) in [5, 5.41) is 10.2. The zero-order valence-corrected chi connectivity index (χ0v) is 27.1. The predicted molar refractivity (Wildman–Crippen MR) is 170 cm³/mol. The first-order valence-electron chi connectivity index (χ1n) is 15.3. The summed E-state index contributed by atoms with van der Waals surface area (Å²) < 4.78 is 82.0. The van der Waals surface area contributed by atoms with E-state index in [0.717, 1.165) is 18.9 Å². The number of thiol groups is 1. The van der Waals surface area contributed by atoms with Gasteiger partial charge in [-0.3, -0.25) is 4.90 Å². The quantitative estimate of drug-likeness (QED) is 0.319. The fraction of sp³-hybridized carbons (Fsp3) is 0.455. The number of sulfonamides is 1. The molecular formula is C33H38F3N3O5S2. The van der Waals surface area contributed by atoms with Crippen LogP contribution in [0.25, 0.3) is 0 Å². The highest BCUT2D eigenvalue weighted by atomic mass is 32.2. The van der Waals surface area contributed by atoms with Crippen LogP contribution in [0.5, 0.6) is 0 Å². The number of alkyl halides is 3. The monoisotopic (exact) mass is 677 g/mol. The fourth-order valence-corrected chi connectivity index (χ4v) is 8.78. The van der Waals surface area contributed by atoms with E-state index in [4.69, 9.17) is 9.47 Å². The molecule has 248 valence electrons. The zero-order valence-electron chi connectivity index (χ0n) is 25.4. The van der Waals surface area contributed by atoms with E-state index in [0.29, 0.717) is 43.5 Å². The summed E-state index contributed by atoms with van der Waals surface area (Å²) in [5.41, 5.74) is -1.54. The van der Waals surface area contributed by atoms with Gasteiger partial charge in [-0.15, -0.1) is 12.6 Å². The van der Waals surface area contributed by atoms with E-state index >= 15 is 0 Å². The van der Waals surface area contributed by atoms with Gasteiger partial charge in [0.05, 0.1) is 42.9 Å². The second-order valence-corrected chi connectivity index (χ2v) is 14.7. The lowest BCUT2D eigenvalue weighted by molar-refractivity contribution is -0.258. The van der Waals surface area contributed by atoms with Gasteiger partial charge in [-0.25, -0.2) is 8.42 Å². The minimum atomic E-state index is -4.84. The Morgan fingerprint density at radius 2 is 1.67 bits per heavy atom. The summed E-state index contributed by atoms with van der Waals surface area (Å²) in [4.78, 5) is 4.89. The third-order valence-electron chi connectivity index (χ3n) is 9.40. The van der Waals surface area contributed by atoms with E-state index in [1.165, 1.54) is 16.4 Å². The van der Waals surface area contributed by atoms with Crippen molar-refractivity contribution < 1.29 is 36.2 Å². The largest absolute Gasteiger partial charge is 0.421 e. The molecule has 3 saturated heterocycles. The molecule has 6 rings (SSSR count). The molecule has 0 amide bonds. The number of benzene rings is 3. The number of halogens is 3. The molecule has 0 radical (unpaired) electrons. The highest BCUT2D eigenvalue weighted by molar-refractivity contribution is 7.90. The normalized spacial score (nSPS) is 25.8. The molecule has 3 aliphatic heterocycles. The van der Waals surface area contributed by atoms with Crippen molar-refractivity contribution in [1.29, 1.82) is 0 Å². The Labute approximate surface area is 273 Å². The number of piperazine rings is 1. The molecule has 0 spiro atoms. The third-order valence-corrected chi connectivity index (χ3v) is 11.9. The van der Waals surface area contributed by atoms with Crippen molar-refractivity contribution in [3.05, 3.63) is 90.0 Å². The molecule has 3 aromatic carbocycles. The Morgan fingerprint density at radius 3 is 2.37 bits per heavy atom. The molecule has 46 heavy (non-hydrogen) atoms. The van der Waals surface area contributed by atoms with Crippen LogP contribution < -0.4 is 4.90 Å². The topological polar surface area (TPSA) is 82.6 Å². The first-order valence-corrected chi connectivity index (χ1v) is 17.2. The van der Waals surface area contributed by atoms with E-state index in [2.05, 4.69) is 22.4 Å². The number of nitrogens with zero attached hydrogens (tertiary/aromatic N) is 3. The van der Waals surface area contributed by atoms with Gasteiger partial charge in [-0.05, 0) is 48.7 Å². The maximum atomic E-state index is 13.8. The van der Waals surface area contributed by atoms with Crippen LogP contribution in [0.2, 0.25) is 0 Å². The number of fused-ring (bicyclic) bond motifs is 2. The molecule has 13 heteroatoms. The van der Waals surface area contributed by atoms with Gasteiger partial charge in [0, 0.05) is 42.8 Å². The Morgan fingerprint density at radius 1 is 0.978 bits per heavy atom. The van der Waals surface area contributed by atoms with E-state index in [1.54, 1.807) is 36.4 Å². The minimum absolute atomic E-state index is 0.0290. The lowest BCUT2D eigenvalue weighted by Crippen LogP contribution is -2.61. The fourth-order valence-electron chi connectivity index (χ4n) is 6.72. The molecule has 3 heterocycles. The van der Waals surface area contributed by atoms with Crippen molar-refractivity contribution in [3.63, 3.8) is 0 Å². The summed E-state index contributed by atoms with van der Waals surface area (Å²) in [7, 11) is -3.87. The molecule has 3 aromatic rings. The summed E-state index contributed by atoms with van der Waals surface area (Å²) in [6, 6.07) is 21.9. The molecule has 1 N–H and O–H groups in total. The molecule has 8 nitrogen and oxygen atoms in total. The van der Waals surface area contributed by atoms with Crippen molar-refractivity contribution >= 4 is 28.3 Å². The van der Waals surface area contributed by atoms with Gasteiger partial charge in [0.1, 0.15) is 0 Å². The van der Waals surface area contributed by atoms with Gasteiger partial charge in [-0.2, -0.15) is 17.5 Å². The zero-order chi connectivity index (χ0) is 32.7. The lowest BCUT2D eigenvalue weighted by Gasteiger charge is -2.46. The average Bonchev–Trinajstić information content (AvgIpc) is 3.20. The van der Waals surface area contributed by atoms with Gasteiger partial charge in [0.15, 0.2) is 5.60 Å². The summed E-state index contributed by atoms with van der Waals surface area (Å²) in [6.07, 6.45) is -4.13. The van der Waals surface area contributed by atoms with Crippen molar-refractivity contribution in [3.8, 4) is 0 Å². The van der Waals surface area contributed by atoms with Crippen LogP contribution in [0.1, 0.15) is 24.5 Å². The summed E-state index contributed by atoms with van der Waals surface area (Å²) in [5.74, 6) is 0. The van der Waals surface area contributed by atoms with Gasteiger partial charge in [0.2, 0.25) is 10.0 Å². The minimum Gasteiger partial charge on any atom is -0.378 e. The van der Waals surface area contributed by atoms with Crippen LogP contribution >= 0.6 is 12.6 Å². The molecule has 4 unspecified atom stereocenters. The second-order valence-electron chi connectivity index (χ2n) is 12.3. The van der Waals surface area contributed by atoms with Crippen LogP contribution in [0.15, 0.2) is 88.7 Å². The van der Waals surface area contributed by atoms with E-state index in [1.807, 2.05) is 30.3 Å². The highest BCUT2D eigenvalue weighted by Crippen LogP contribution is 2.40. The number of rotatable bonds is 9. The van der Waals surface area contributed by atoms with Crippen molar-refractivity contribution in [2.75, 3.05) is 44.3 Å². The number of hydrogen-bond acceptors (Lipinski definition) is 8. The molecule has 3 fully saturated rings. The van der Waals surface area contributed by atoms with Crippen LogP contribution in [-0.4, -0.2) is 92.5 Å². The Kier molecular flexibility index (Phi) is 9.47. The van der Waals surface area contributed by atoms with Gasteiger partial charge in [0.25, 0.3) is 0 Å². The standard InChI is InChI=1S/C33H38F3N3O5S2/c1-32(40,33(34,35)36)24-11-13-25(14-12-24)38-16-15-37(46(41,42)31-10-6-5-9-30(31)45)18-27(38)19-39-26-17-29(28(39)22-43-21-26)44-20-23-7-3-2-4-8-23/h2-14,26-29,40,45H,15-22H2,1H3/t26?,27-,28?,29?,32?/m1/s1. The third kappa shape index (κ3) is 6.55. The Hall–Kier alpha value is -2.65. The van der Waals surface area contributed by atoms with Crippen LogP contribution in [0.3, 0.4) is 0 Å². The number of hydrogen-bond donors (Lipinski definition) is 2. The predicted octanol–water partition coefficient (Wildman–Crippen LogP) is 4.68. The van der Waals surface area contributed by atoms with Crippen LogP contribution in [-0.2, 0) is 31.7 Å². The lowest BCUT2D eigenvalue weighted by atomic mass is 9.95. The number of ether oxygens (including phenoxy) is 2. The van der Waals surface area contributed by atoms with E-state index in [-0.39, 0.29) is 47.8 Å². The van der Waals surface area contributed by atoms with Gasteiger partial charge < -0.3 is 19.5 Å². The average molecular weight is 678 g/mol. The highest BCUT2D eigenvalue weighted by Gasteiger charge is 2.51. The molecule has 5 atom stereocenters. The maximum absolute atomic E-state index is 13.8. The number of anilines is 1. The van der Waals surface area contributed by atoms with E-state index < -0.39 is 21.8 Å². The summed E-state index contributed by atoms with van der Waals surface area (Å²) >= 11 is 4.40. The SMILES string of the molecule is CC(O)(c1ccc(N2CCN(S(=O)(=O)c3ccccc3S)C[C@@H]2CN2C3COCC2C(OCc2ccccc2)C3)cc1)C(F)(F)F. The first kappa shape index (κ1) is 33.3. The molecule has 0 aliphatic carbocycles. The van der Waals surface area contributed by atoms with Crippen molar-refractivity contribution in [1.82, 2.24) is 9.21 Å². The summed E-state index contributed by atoms with van der Waals surface area (Å²) in [6.45, 7) is 3.39.